The van der Waals surface area contributed by atoms with E-state index in [4.69, 9.17) is 0 Å². The molecule has 6 heteroatoms. The third-order valence-electron chi connectivity index (χ3n) is 2.96. The zero-order valence-corrected chi connectivity index (χ0v) is 13.5. The summed E-state index contributed by atoms with van der Waals surface area (Å²) in [6, 6.07) is 10.7. The Morgan fingerprint density at radius 2 is 1.96 bits per heavy atom. The van der Waals surface area contributed by atoms with Gasteiger partial charge in [-0.1, -0.05) is 30.0 Å². The number of urea groups is 1. The molecular formula is C17H17N3O2S. The predicted molar refractivity (Wildman–Crippen MR) is 91.3 cm³/mol. The van der Waals surface area contributed by atoms with E-state index in [0.29, 0.717) is 17.7 Å². The summed E-state index contributed by atoms with van der Waals surface area (Å²) in [7, 11) is 1.58. The first-order valence-electron chi connectivity index (χ1n) is 7.04. The van der Waals surface area contributed by atoms with Gasteiger partial charge in [-0.3, -0.25) is 4.79 Å². The summed E-state index contributed by atoms with van der Waals surface area (Å²) in [6.45, 7) is 0.703. The standard InChI is InChI=1S/C17H17N3O2S/c1-18-16(21)15-9-3-2-6-13(15)7-4-10-19-17(22)20-12-14-8-5-11-23-14/h2-3,5-6,8-9,11H,10,12H2,1H3,(H,18,21)(H2,19,20,22). The average Bonchev–Trinajstić information content (AvgIpc) is 3.10. The van der Waals surface area contributed by atoms with Gasteiger partial charge >= 0.3 is 6.03 Å². The van der Waals surface area contributed by atoms with E-state index in [1.54, 1.807) is 36.6 Å². The molecule has 1 aromatic carbocycles. The first kappa shape index (κ1) is 16.6. The van der Waals surface area contributed by atoms with Crippen LogP contribution in [0.5, 0.6) is 0 Å². The minimum Gasteiger partial charge on any atom is -0.355 e. The van der Waals surface area contributed by atoms with Crippen molar-refractivity contribution in [3.8, 4) is 11.8 Å². The molecule has 1 aromatic heterocycles. The fourth-order valence-electron chi connectivity index (χ4n) is 1.83. The zero-order chi connectivity index (χ0) is 16.5. The topological polar surface area (TPSA) is 70.2 Å². The quantitative estimate of drug-likeness (QED) is 0.751. The number of thiophene rings is 1. The number of hydrogen-bond donors (Lipinski definition) is 3. The minimum atomic E-state index is -0.271. The first-order valence-corrected chi connectivity index (χ1v) is 7.92. The Morgan fingerprint density at radius 1 is 1.13 bits per heavy atom. The van der Waals surface area contributed by atoms with Crippen molar-refractivity contribution in [2.24, 2.45) is 0 Å². The molecule has 3 amide bonds. The molecule has 0 atom stereocenters. The molecule has 0 radical (unpaired) electrons. The van der Waals surface area contributed by atoms with Crippen LogP contribution in [-0.2, 0) is 6.54 Å². The monoisotopic (exact) mass is 327 g/mol. The SMILES string of the molecule is CNC(=O)c1ccccc1C#CCNC(=O)NCc1cccs1. The molecule has 3 N–H and O–H groups in total. The highest BCUT2D eigenvalue weighted by molar-refractivity contribution is 7.09. The highest BCUT2D eigenvalue weighted by atomic mass is 32.1. The zero-order valence-electron chi connectivity index (χ0n) is 12.7. The van der Waals surface area contributed by atoms with Crippen LogP contribution in [-0.4, -0.2) is 25.5 Å². The molecule has 0 unspecified atom stereocenters. The summed E-state index contributed by atoms with van der Waals surface area (Å²) in [6.07, 6.45) is 0. The van der Waals surface area contributed by atoms with Gasteiger partial charge in [0.25, 0.3) is 5.91 Å². The van der Waals surface area contributed by atoms with E-state index in [-0.39, 0.29) is 18.5 Å². The number of nitrogens with one attached hydrogen (secondary N) is 3. The maximum absolute atomic E-state index is 11.7. The van der Waals surface area contributed by atoms with Crippen LogP contribution in [0.25, 0.3) is 0 Å². The molecule has 0 aliphatic carbocycles. The van der Waals surface area contributed by atoms with Crippen LogP contribution in [0.2, 0.25) is 0 Å². The molecule has 0 saturated carbocycles. The minimum absolute atomic E-state index is 0.184. The van der Waals surface area contributed by atoms with E-state index >= 15 is 0 Å². The van der Waals surface area contributed by atoms with Crippen LogP contribution in [0.15, 0.2) is 41.8 Å². The van der Waals surface area contributed by atoms with Gasteiger partial charge in [-0.2, -0.15) is 0 Å². The fraction of sp³-hybridized carbons (Fsp3) is 0.176. The van der Waals surface area contributed by atoms with Crippen molar-refractivity contribution in [2.45, 2.75) is 6.54 Å². The average molecular weight is 327 g/mol. The van der Waals surface area contributed by atoms with Crippen LogP contribution in [0, 0.1) is 11.8 Å². The number of hydrogen-bond acceptors (Lipinski definition) is 3. The van der Waals surface area contributed by atoms with Crippen molar-refractivity contribution < 1.29 is 9.59 Å². The molecule has 2 rings (SSSR count). The van der Waals surface area contributed by atoms with Gasteiger partial charge in [-0.05, 0) is 23.6 Å². The van der Waals surface area contributed by atoms with Gasteiger partial charge < -0.3 is 16.0 Å². The van der Waals surface area contributed by atoms with Crippen molar-refractivity contribution in [2.75, 3.05) is 13.6 Å². The van der Waals surface area contributed by atoms with Crippen molar-refractivity contribution in [3.63, 3.8) is 0 Å². The van der Waals surface area contributed by atoms with Gasteiger partial charge in [0.15, 0.2) is 0 Å². The van der Waals surface area contributed by atoms with Crippen LogP contribution in [0.1, 0.15) is 20.8 Å². The lowest BCUT2D eigenvalue weighted by atomic mass is 10.1. The summed E-state index contributed by atoms with van der Waals surface area (Å²) in [5.41, 5.74) is 1.15. The molecule has 0 saturated heterocycles. The van der Waals surface area contributed by atoms with E-state index in [0.717, 1.165) is 4.88 Å². The van der Waals surface area contributed by atoms with Crippen LogP contribution in [0.4, 0.5) is 4.79 Å². The van der Waals surface area contributed by atoms with E-state index in [2.05, 4.69) is 27.8 Å². The van der Waals surface area contributed by atoms with Crippen molar-refractivity contribution in [3.05, 3.63) is 57.8 Å². The van der Waals surface area contributed by atoms with Crippen LogP contribution >= 0.6 is 11.3 Å². The molecule has 1 heterocycles. The Kier molecular flexibility index (Phi) is 6.21. The lowest BCUT2D eigenvalue weighted by Crippen LogP contribution is -2.35. The molecule has 0 aliphatic rings. The van der Waals surface area contributed by atoms with Crippen LogP contribution < -0.4 is 16.0 Å². The van der Waals surface area contributed by atoms with Gasteiger partial charge in [0.1, 0.15) is 0 Å². The molecule has 0 spiro atoms. The van der Waals surface area contributed by atoms with Gasteiger partial charge in [-0.25, -0.2) is 4.79 Å². The largest absolute Gasteiger partial charge is 0.355 e. The Bertz CT molecular complexity index is 730. The highest BCUT2D eigenvalue weighted by Gasteiger charge is 2.06. The van der Waals surface area contributed by atoms with Gasteiger partial charge in [-0.15, -0.1) is 11.3 Å². The molecule has 0 fully saturated rings. The number of benzene rings is 1. The molecule has 23 heavy (non-hydrogen) atoms. The Morgan fingerprint density at radius 3 is 2.70 bits per heavy atom. The molecular weight excluding hydrogens is 310 g/mol. The number of amides is 3. The van der Waals surface area contributed by atoms with Crippen molar-refractivity contribution in [1.82, 2.24) is 16.0 Å². The maximum atomic E-state index is 11.7. The van der Waals surface area contributed by atoms with Gasteiger partial charge in [0, 0.05) is 17.5 Å². The highest BCUT2D eigenvalue weighted by Crippen LogP contribution is 2.07. The van der Waals surface area contributed by atoms with E-state index in [1.165, 1.54) is 0 Å². The number of carbonyl (C=O) groups is 2. The number of carbonyl (C=O) groups excluding carboxylic acids is 2. The summed E-state index contributed by atoms with van der Waals surface area (Å²) in [5, 5.41) is 9.95. The summed E-state index contributed by atoms with van der Waals surface area (Å²) in [5.74, 6) is 5.56. The summed E-state index contributed by atoms with van der Waals surface area (Å²) < 4.78 is 0. The van der Waals surface area contributed by atoms with E-state index in [9.17, 15) is 9.59 Å². The van der Waals surface area contributed by atoms with E-state index in [1.807, 2.05) is 23.6 Å². The predicted octanol–water partition coefficient (Wildman–Crippen LogP) is 1.96. The number of rotatable bonds is 4. The second-order valence-electron chi connectivity index (χ2n) is 4.54. The Balaban J connectivity index is 1.84. The third kappa shape index (κ3) is 5.16. The Labute approximate surface area is 139 Å². The van der Waals surface area contributed by atoms with Gasteiger partial charge in [0.05, 0.1) is 18.7 Å². The van der Waals surface area contributed by atoms with E-state index < -0.39 is 0 Å². The smallest absolute Gasteiger partial charge is 0.315 e. The first-order chi connectivity index (χ1) is 11.2. The summed E-state index contributed by atoms with van der Waals surface area (Å²) >= 11 is 1.59. The Hall–Kier alpha value is -2.78. The fourth-order valence-corrected chi connectivity index (χ4v) is 2.48. The molecule has 2 aromatic rings. The molecule has 118 valence electrons. The van der Waals surface area contributed by atoms with Crippen molar-refractivity contribution >= 4 is 23.3 Å². The lowest BCUT2D eigenvalue weighted by molar-refractivity contribution is 0.0963. The second-order valence-corrected chi connectivity index (χ2v) is 5.57. The van der Waals surface area contributed by atoms with Crippen LogP contribution in [0.3, 0.4) is 0 Å². The third-order valence-corrected chi connectivity index (χ3v) is 3.84. The van der Waals surface area contributed by atoms with Gasteiger partial charge in [0.2, 0.25) is 0 Å². The molecule has 0 aliphatic heterocycles. The second kappa shape index (κ2) is 8.61. The molecule has 5 nitrogen and oxygen atoms in total. The van der Waals surface area contributed by atoms with Crippen molar-refractivity contribution in [1.29, 1.82) is 0 Å². The lowest BCUT2D eigenvalue weighted by Gasteiger charge is -2.03. The molecule has 0 bridgehead atoms. The normalized spacial score (nSPS) is 9.43. The summed E-state index contributed by atoms with van der Waals surface area (Å²) in [4.78, 5) is 24.4. The maximum Gasteiger partial charge on any atom is 0.315 e.